The van der Waals surface area contributed by atoms with E-state index in [1.807, 2.05) is 75.4 Å². The highest BCUT2D eigenvalue weighted by molar-refractivity contribution is 5.84. The Labute approximate surface area is 214 Å². The van der Waals surface area contributed by atoms with E-state index in [1.54, 1.807) is 4.90 Å². The van der Waals surface area contributed by atoms with Gasteiger partial charge >= 0.3 is 6.09 Å². The Bertz CT molecular complexity index is 1080. The van der Waals surface area contributed by atoms with Crippen molar-refractivity contribution < 1.29 is 19.1 Å². The molecule has 3 rings (SSSR count). The molecule has 0 spiro atoms. The highest BCUT2D eigenvalue weighted by atomic mass is 16.6. The molecule has 2 amide bonds. The van der Waals surface area contributed by atoms with Gasteiger partial charge in [0.1, 0.15) is 24.0 Å². The van der Waals surface area contributed by atoms with E-state index in [4.69, 9.17) is 14.7 Å². The van der Waals surface area contributed by atoms with Gasteiger partial charge in [0, 0.05) is 13.0 Å². The molecule has 192 valence electrons. The molecule has 1 heterocycles. The maximum absolute atomic E-state index is 12.7. The molecular weight excluding hydrogens is 454 g/mol. The van der Waals surface area contributed by atoms with Crippen LogP contribution >= 0.6 is 0 Å². The SMILES string of the molecule is CC(C)CC(C(=O)NCC#N)c1cccc(-c2ccc(OC3CCN(C(=O)OC(C)(C)C)C3)cc2)c1. The summed E-state index contributed by atoms with van der Waals surface area (Å²) in [5.74, 6) is 0.656. The lowest BCUT2D eigenvalue weighted by atomic mass is 9.88. The van der Waals surface area contributed by atoms with Gasteiger partial charge in [0.05, 0.1) is 18.5 Å². The van der Waals surface area contributed by atoms with Gasteiger partial charge in [-0.1, -0.05) is 50.2 Å². The minimum atomic E-state index is -0.515. The summed E-state index contributed by atoms with van der Waals surface area (Å²) in [5.41, 5.74) is 2.45. The maximum Gasteiger partial charge on any atom is 0.410 e. The first kappa shape index (κ1) is 27.1. The third-order valence-corrected chi connectivity index (χ3v) is 5.94. The van der Waals surface area contributed by atoms with E-state index < -0.39 is 5.60 Å². The second-order valence-corrected chi connectivity index (χ2v) is 10.7. The zero-order valence-electron chi connectivity index (χ0n) is 21.9. The Balaban J connectivity index is 1.66. The van der Waals surface area contributed by atoms with Crippen LogP contribution in [0.25, 0.3) is 11.1 Å². The molecule has 7 nitrogen and oxygen atoms in total. The van der Waals surface area contributed by atoms with Gasteiger partial charge in [-0.05, 0) is 61.9 Å². The molecule has 1 saturated heterocycles. The number of likely N-dealkylation sites (tertiary alicyclic amines) is 1. The maximum atomic E-state index is 12.7. The summed E-state index contributed by atoms with van der Waals surface area (Å²) in [5, 5.41) is 11.5. The van der Waals surface area contributed by atoms with Crippen molar-refractivity contribution in [2.24, 2.45) is 5.92 Å². The molecule has 2 unspecified atom stereocenters. The lowest BCUT2D eigenvalue weighted by Gasteiger charge is -2.24. The van der Waals surface area contributed by atoms with Gasteiger partial charge in [0.15, 0.2) is 0 Å². The van der Waals surface area contributed by atoms with Crippen molar-refractivity contribution >= 4 is 12.0 Å². The predicted octanol–water partition coefficient (Wildman–Crippen LogP) is 5.51. The molecule has 36 heavy (non-hydrogen) atoms. The van der Waals surface area contributed by atoms with Crippen molar-refractivity contribution in [2.75, 3.05) is 19.6 Å². The Kier molecular flexibility index (Phi) is 8.98. The average molecular weight is 492 g/mol. The number of hydrogen-bond donors (Lipinski definition) is 1. The molecule has 7 heteroatoms. The van der Waals surface area contributed by atoms with Crippen LogP contribution in [-0.2, 0) is 9.53 Å². The number of amides is 2. The number of nitrogens with zero attached hydrogens (tertiary/aromatic N) is 2. The van der Waals surface area contributed by atoms with E-state index in [1.165, 1.54) is 0 Å². The Morgan fingerprint density at radius 1 is 1.14 bits per heavy atom. The van der Waals surface area contributed by atoms with Crippen LogP contribution in [0.1, 0.15) is 58.9 Å². The number of hydrogen-bond acceptors (Lipinski definition) is 5. The van der Waals surface area contributed by atoms with E-state index in [2.05, 4.69) is 19.2 Å². The average Bonchev–Trinajstić information content (AvgIpc) is 3.29. The number of ether oxygens (including phenoxy) is 2. The third kappa shape index (κ3) is 7.74. The molecule has 1 aliphatic heterocycles. The lowest BCUT2D eigenvalue weighted by molar-refractivity contribution is -0.122. The molecule has 2 atom stereocenters. The molecule has 1 N–H and O–H groups in total. The molecule has 2 aromatic rings. The third-order valence-electron chi connectivity index (χ3n) is 5.94. The van der Waals surface area contributed by atoms with Crippen LogP contribution in [0.4, 0.5) is 4.79 Å². The van der Waals surface area contributed by atoms with Crippen molar-refractivity contribution in [1.82, 2.24) is 10.2 Å². The van der Waals surface area contributed by atoms with Crippen LogP contribution in [0.2, 0.25) is 0 Å². The number of carbonyl (C=O) groups excluding carboxylic acids is 2. The van der Waals surface area contributed by atoms with Crippen molar-refractivity contribution in [3.63, 3.8) is 0 Å². The van der Waals surface area contributed by atoms with Crippen LogP contribution in [0.3, 0.4) is 0 Å². The largest absolute Gasteiger partial charge is 0.489 e. The van der Waals surface area contributed by atoms with Gasteiger partial charge in [-0.25, -0.2) is 4.79 Å². The summed E-state index contributed by atoms with van der Waals surface area (Å²) < 4.78 is 11.6. The van der Waals surface area contributed by atoms with E-state index >= 15 is 0 Å². The monoisotopic (exact) mass is 491 g/mol. The van der Waals surface area contributed by atoms with Crippen LogP contribution in [-0.4, -0.2) is 48.2 Å². The molecule has 1 aliphatic rings. The van der Waals surface area contributed by atoms with Crippen LogP contribution in [0, 0.1) is 17.2 Å². The molecule has 0 aliphatic carbocycles. The summed E-state index contributed by atoms with van der Waals surface area (Å²) in [6.07, 6.45) is 1.08. The fourth-order valence-electron chi connectivity index (χ4n) is 4.29. The van der Waals surface area contributed by atoms with Crippen LogP contribution < -0.4 is 10.1 Å². The smallest absolute Gasteiger partial charge is 0.410 e. The van der Waals surface area contributed by atoms with Gasteiger partial charge < -0.3 is 19.7 Å². The predicted molar refractivity (Wildman–Crippen MR) is 140 cm³/mol. The summed E-state index contributed by atoms with van der Waals surface area (Å²) in [7, 11) is 0. The number of rotatable bonds is 8. The number of nitrogens with one attached hydrogen (secondary N) is 1. The van der Waals surface area contributed by atoms with Crippen molar-refractivity contribution in [3.05, 3.63) is 54.1 Å². The Morgan fingerprint density at radius 2 is 1.86 bits per heavy atom. The molecule has 0 radical (unpaired) electrons. The van der Waals surface area contributed by atoms with Gasteiger partial charge in [-0.15, -0.1) is 0 Å². The quantitative estimate of drug-likeness (QED) is 0.492. The van der Waals surface area contributed by atoms with Gasteiger partial charge in [0.2, 0.25) is 5.91 Å². The topological polar surface area (TPSA) is 91.7 Å². The van der Waals surface area contributed by atoms with Crippen LogP contribution in [0.5, 0.6) is 5.75 Å². The van der Waals surface area contributed by atoms with Crippen LogP contribution in [0.15, 0.2) is 48.5 Å². The summed E-state index contributed by atoms with van der Waals surface area (Å²) in [4.78, 5) is 26.7. The van der Waals surface area contributed by atoms with Crippen molar-refractivity contribution in [1.29, 1.82) is 5.26 Å². The van der Waals surface area contributed by atoms with E-state index in [0.717, 1.165) is 28.9 Å². The molecule has 2 aromatic carbocycles. The van der Waals surface area contributed by atoms with E-state index in [0.29, 0.717) is 25.4 Å². The zero-order chi connectivity index (χ0) is 26.3. The normalized spacial score (nSPS) is 16.4. The minimum Gasteiger partial charge on any atom is -0.489 e. The van der Waals surface area contributed by atoms with E-state index in [9.17, 15) is 9.59 Å². The molecule has 0 saturated carbocycles. The van der Waals surface area contributed by atoms with Crippen molar-refractivity contribution in [3.8, 4) is 22.9 Å². The highest BCUT2D eigenvalue weighted by Gasteiger charge is 2.31. The molecule has 0 aromatic heterocycles. The second-order valence-electron chi connectivity index (χ2n) is 10.7. The summed E-state index contributed by atoms with van der Waals surface area (Å²) in [6, 6.07) is 17.8. The molecular formula is C29H37N3O4. The Morgan fingerprint density at radius 3 is 2.50 bits per heavy atom. The zero-order valence-corrected chi connectivity index (χ0v) is 21.9. The number of nitriles is 1. The first-order chi connectivity index (χ1) is 17.1. The second kappa shape index (κ2) is 11.9. The Hall–Kier alpha value is -3.53. The fraction of sp³-hybridized carbons (Fsp3) is 0.483. The van der Waals surface area contributed by atoms with E-state index in [-0.39, 0.29) is 30.6 Å². The lowest BCUT2D eigenvalue weighted by Crippen LogP contribution is -2.36. The fourth-order valence-corrected chi connectivity index (χ4v) is 4.29. The van der Waals surface area contributed by atoms with Crippen molar-refractivity contribution in [2.45, 2.75) is 65.1 Å². The summed E-state index contributed by atoms with van der Waals surface area (Å²) in [6.45, 7) is 10.9. The van der Waals surface area contributed by atoms with Gasteiger partial charge in [-0.3, -0.25) is 4.79 Å². The first-order valence-corrected chi connectivity index (χ1v) is 12.6. The minimum absolute atomic E-state index is 0.00507. The standard InChI is InChI=1S/C29H37N3O4/c1-20(2)17-26(27(33)31-15-14-30)23-8-6-7-22(18-23)21-9-11-24(12-10-21)35-25-13-16-32(19-25)28(34)36-29(3,4)5/h6-12,18,20,25-26H,13,15-17,19H2,1-5H3,(H,31,33). The number of carbonyl (C=O) groups is 2. The van der Waals surface area contributed by atoms with Gasteiger partial charge in [-0.2, -0.15) is 5.26 Å². The summed E-state index contributed by atoms with van der Waals surface area (Å²) >= 11 is 0. The molecule has 0 bridgehead atoms. The first-order valence-electron chi connectivity index (χ1n) is 12.6. The molecule has 1 fully saturated rings. The number of benzene rings is 2. The highest BCUT2D eigenvalue weighted by Crippen LogP contribution is 2.30. The van der Waals surface area contributed by atoms with Gasteiger partial charge in [0.25, 0.3) is 0 Å².